The van der Waals surface area contributed by atoms with Gasteiger partial charge in [-0.15, -0.1) is 0 Å². The van der Waals surface area contributed by atoms with Crippen molar-refractivity contribution in [3.8, 4) is 33.5 Å². The topological polar surface area (TPSA) is 12.9 Å². The molecule has 0 radical (unpaired) electrons. The van der Waals surface area contributed by atoms with E-state index in [4.69, 9.17) is 4.98 Å². The number of fused-ring (bicyclic) bond motifs is 3. The lowest BCUT2D eigenvalue weighted by atomic mass is 9.83. The van der Waals surface area contributed by atoms with Crippen LogP contribution < -0.4 is 0 Å². The van der Waals surface area contributed by atoms with Crippen molar-refractivity contribution < 1.29 is 0 Å². The molecule has 1 heteroatoms. The van der Waals surface area contributed by atoms with Crippen molar-refractivity contribution in [3.63, 3.8) is 0 Å². The van der Waals surface area contributed by atoms with Crippen LogP contribution in [0, 0.1) is 0 Å². The Bertz CT molecular complexity index is 1200. The molecule has 1 saturated carbocycles. The fourth-order valence-electron chi connectivity index (χ4n) is 5.21. The van der Waals surface area contributed by atoms with Crippen molar-refractivity contribution >= 4 is 10.9 Å². The van der Waals surface area contributed by atoms with Crippen molar-refractivity contribution in [1.82, 2.24) is 4.98 Å². The van der Waals surface area contributed by atoms with Crippen LogP contribution in [0.15, 0.2) is 72.8 Å². The van der Waals surface area contributed by atoms with E-state index in [1.54, 1.807) is 0 Å². The van der Waals surface area contributed by atoms with Crippen LogP contribution in [-0.2, 0) is 0 Å². The van der Waals surface area contributed by atoms with Crippen LogP contribution in [0.1, 0.15) is 43.6 Å². The summed E-state index contributed by atoms with van der Waals surface area (Å²) in [4.78, 5) is 5.08. The molecule has 4 aromatic rings. The predicted octanol–water partition coefficient (Wildman–Crippen LogP) is 7.60. The molecule has 1 fully saturated rings. The van der Waals surface area contributed by atoms with E-state index in [1.165, 1.54) is 70.9 Å². The predicted molar refractivity (Wildman–Crippen MR) is 117 cm³/mol. The first-order chi connectivity index (χ1) is 13.9. The highest BCUT2D eigenvalue weighted by atomic mass is 14.7. The van der Waals surface area contributed by atoms with Crippen LogP contribution in [0.4, 0.5) is 0 Å². The molecule has 6 rings (SSSR count). The molecule has 1 aromatic heterocycles. The van der Waals surface area contributed by atoms with Gasteiger partial charge < -0.3 is 0 Å². The Kier molecular flexibility index (Phi) is 3.62. The highest BCUT2D eigenvalue weighted by molar-refractivity contribution is 6.14. The summed E-state index contributed by atoms with van der Waals surface area (Å²) >= 11 is 0. The number of nitrogens with zero attached hydrogens (tertiary/aromatic N) is 1. The highest BCUT2D eigenvalue weighted by Gasteiger charge is 2.22. The minimum atomic E-state index is 0.719. The molecule has 136 valence electrons. The number of hydrogen-bond donors (Lipinski definition) is 0. The van der Waals surface area contributed by atoms with Crippen molar-refractivity contribution in [1.29, 1.82) is 0 Å². The maximum Gasteiger partial charge on any atom is 0.0722 e. The van der Waals surface area contributed by atoms with E-state index < -0.39 is 0 Å². The summed E-state index contributed by atoms with van der Waals surface area (Å²) in [5.41, 5.74) is 10.2. The lowest BCUT2D eigenvalue weighted by Crippen LogP contribution is -2.04. The van der Waals surface area contributed by atoms with E-state index >= 15 is 0 Å². The SMILES string of the molecule is c1cc(-c2cc3c4c(cccc4n2)-c2ccccc2-3)cc(C2CCCCC2)c1. The third-order valence-corrected chi connectivity index (χ3v) is 6.60. The van der Waals surface area contributed by atoms with Gasteiger partial charge in [-0.05, 0) is 64.8 Å². The number of benzene rings is 3. The van der Waals surface area contributed by atoms with Crippen LogP contribution in [0.3, 0.4) is 0 Å². The normalized spacial score (nSPS) is 15.7. The summed E-state index contributed by atoms with van der Waals surface area (Å²) in [5, 5.41) is 1.30. The molecule has 0 atom stereocenters. The summed E-state index contributed by atoms with van der Waals surface area (Å²) in [6.45, 7) is 0. The zero-order valence-corrected chi connectivity index (χ0v) is 16.0. The van der Waals surface area contributed by atoms with Gasteiger partial charge in [0.15, 0.2) is 0 Å². The fraction of sp³-hybridized carbons (Fsp3) is 0.222. The molecule has 0 amide bonds. The molecule has 0 N–H and O–H groups in total. The van der Waals surface area contributed by atoms with Gasteiger partial charge in [0.2, 0.25) is 0 Å². The second kappa shape index (κ2) is 6.31. The van der Waals surface area contributed by atoms with Gasteiger partial charge in [-0.1, -0.05) is 73.9 Å². The Hall–Kier alpha value is -2.93. The van der Waals surface area contributed by atoms with Crippen LogP contribution in [0.25, 0.3) is 44.4 Å². The zero-order valence-electron chi connectivity index (χ0n) is 16.0. The van der Waals surface area contributed by atoms with Gasteiger partial charge in [0, 0.05) is 10.9 Å². The Labute approximate surface area is 166 Å². The Morgan fingerprint density at radius 3 is 2.25 bits per heavy atom. The van der Waals surface area contributed by atoms with Crippen molar-refractivity contribution in [3.05, 3.63) is 78.4 Å². The molecule has 0 aliphatic heterocycles. The van der Waals surface area contributed by atoms with E-state index in [0.29, 0.717) is 0 Å². The maximum atomic E-state index is 5.08. The standard InChI is InChI=1S/C27H23N/c1-2-8-18(9-3-1)19-10-6-11-20(16-19)26-17-24-22-13-5-4-12-21(22)23-14-7-15-25(28-26)27(23)24/h4-7,10-18H,1-3,8-9H2. The van der Waals surface area contributed by atoms with E-state index in [9.17, 15) is 0 Å². The average molecular weight is 361 g/mol. The van der Waals surface area contributed by atoms with Crippen molar-refractivity contribution in [2.75, 3.05) is 0 Å². The average Bonchev–Trinajstić information content (AvgIpc) is 3.10. The van der Waals surface area contributed by atoms with Gasteiger partial charge in [-0.2, -0.15) is 0 Å². The van der Waals surface area contributed by atoms with Crippen LogP contribution in [0.2, 0.25) is 0 Å². The quantitative estimate of drug-likeness (QED) is 0.315. The van der Waals surface area contributed by atoms with E-state index in [0.717, 1.165) is 17.1 Å². The minimum Gasteiger partial charge on any atom is -0.248 e. The smallest absolute Gasteiger partial charge is 0.0722 e. The van der Waals surface area contributed by atoms with E-state index in [-0.39, 0.29) is 0 Å². The summed E-state index contributed by atoms with van der Waals surface area (Å²) in [6, 6.07) is 26.7. The highest BCUT2D eigenvalue weighted by Crippen LogP contribution is 2.47. The number of hydrogen-bond acceptors (Lipinski definition) is 1. The van der Waals surface area contributed by atoms with Crippen molar-refractivity contribution in [2.45, 2.75) is 38.0 Å². The lowest BCUT2D eigenvalue weighted by Gasteiger charge is -2.22. The zero-order chi connectivity index (χ0) is 18.5. The second-order valence-corrected chi connectivity index (χ2v) is 8.26. The van der Waals surface area contributed by atoms with Gasteiger partial charge >= 0.3 is 0 Å². The van der Waals surface area contributed by atoms with E-state index in [1.807, 2.05) is 0 Å². The van der Waals surface area contributed by atoms with Gasteiger partial charge in [0.1, 0.15) is 0 Å². The molecule has 0 spiro atoms. The second-order valence-electron chi connectivity index (χ2n) is 8.26. The van der Waals surface area contributed by atoms with Crippen LogP contribution in [-0.4, -0.2) is 4.98 Å². The Balaban J connectivity index is 1.52. The third kappa shape index (κ3) is 2.43. The van der Waals surface area contributed by atoms with Gasteiger partial charge in [0.05, 0.1) is 11.2 Å². The monoisotopic (exact) mass is 361 g/mol. The molecular formula is C27H23N. The summed E-state index contributed by atoms with van der Waals surface area (Å²) < 4.78 is 0. The Morgan fingerprint density at radius 2 is 1.39 bits per heavy atom. The van der Waals surface area contributed by atoms with E-state index in [2.05, 4.69) is 72.8 Å². The van der Waals surface area contributed by atoms with Crippen LogP contribution >= 0.6 is 0 Å². The Morgan fingerprint density at radius 1 is 0.643 bits per heavy atom. The molecular weight excluding hydrogens is 338 g/mol. The lowest BCUT2D eigenvalue weighted by molar-refractivity contribution is 0.443. The van der Waals surface area contributed by atoms with Crippen LogP contribution in [0.5, 0.6) is 0 Å². The molecule has 2 aliphatic rings. The number of aromatic nitrogens is 1. The molecule has 0 unspecified atom stereocenters. The number of rotatable bonds is 2. The summed E-state index contributed by atoms with van der Waals surface area (Å²) in [6.07, 6.45) is 6.79. The van der Waals surface area contributed by atoms with Gasteiger partial charge in [-0.3, -0.25) is 0 Å². The van der Waals surface area contributed by atoms with Gasteiger partial charge in [-0.25, -0.2) is 4.98 Å². The molecule has 0 saturated heterocycles. The molecule has 28 heavy (non-hydrogen) atoms. The van der Waals surface area contributed by atoms with Crippen molar-refractivity contribution in [2.24, 2.45) is 0 Å². The third-order valence-electron chi connectivity index (χ3n) is 6.60. The molecule has 2 aliphatic carbocycles. The largest absolute Gasteiger partial charge is 0.248 e. The first kappa shape index (κ1) is 16.1. The molecule has 3 aromatic carbocycles. The maximum absolute atomic E-state index is 5.08. The molecule has 0 bridgehead atoms. The molecule has 1 heterocycles. The first-order valence-electron chi connectivity index (χ1n) is 10.5. The number of pyridine rings is 1. The fourth-order valence-corrected chi connectivity index (χ4v) is 5.21. The first-order valence-corrected chi connectivity index (χ1v) is 10.5. The summed E-state index contributed by atoms with van der Waals surface area (Å²) in [5.74, 6) is 0.719. The molecule has 1 nitrogen and oxygen atoms in total. The minimum absolute atomic E-state index is 0.719. The summed E-state index contributed by atoms with van der Waals surface area (Å²) in [7, 11) is 0. The van der Waals surface area contributed by atoms with Gasteiger partial charge in [0.25, 0.3) is 0 Å².